The predicted octanol–water partition coefficient (Wildman–Crippen LogP) is 2.66. The first-order chi connectivity index (χ1) is 14.1. The second-order valence-electron chi connectivity index (χ2n) is 8.54. The summed E-state index contributed by atoms with van der Waals surface area (Å²) in [7, 11) is 1.91. The number of carbonyl (C=O) groups is 3. The molecule has 3 aliphatic rings. The van der Waals surface area contributed by atoms with Crippen LogP contribution in [0, 0.1) is 11.8 Å². The lowest BCUT2D eigenvalue weighted by Gasteiger charge is -2.30. The number of thioether (sulfide) groups is 1. The van der Waals surface area contributed by atoms with Crippen LogP contribution in [0.25, 0.3) is 0 Å². The van der Waals surface area contributed by atoms with Crippen LogP contribution in [-0.4, -0.2) is 53.1 Å². The van der Waals surface area contributed by atoms with Crippen molar-refractivity contribution < 1.29 is 14.4 Å². The van der Waals surface area contributed by atoms with Gasteiger partial charge in [-0.25, -0.2) is 5.43 Å². The summed E-state index contributed by atoms with van der Waals surface area (Å²) in [6.07, 6.45) is 11.2. The molecule has 162 valence electrons. The first-order valence-corrected chi connectivity index (χ1v) is 12.1. The van der Waals surface area contributed by atoms with E-state index in [1.165, 1.54) is 12.8 Å². The second kappa shape index (κ2) is 11.0. The third-order valence-electron chi connectivity index (χ3n) is 6.39. The highest BCUT2D eigenvalue weighted by atomic mass is 32.2. The number of amides is 2. The van der Waals surface area contributed by atoms with Gasteiger partial charge in [-0.1, -0.05) is 56.7 Å². The third-order valence-corrected chi connectivity index (χ3v) is 7.44. The largest absolute Gasteiger partial charge is 0.352 e. The minimum absolute atomic E-state index is 0.0351. The van der Waals surface area contributed by atoms with Crippen molar-refractivity contribution in [3.8, 4) is 0 Å². The number of amidine groups is 1. The smallest absolute Gasteiger partial charge is 0.309 e. The van der Waals surface area contributed by atoms with Crippen LogP contribution in [-0.2, 0) is 14.4 Å². The fraction of sp³-hybridized carbons (Fsp3) is 0.810. The molecule has 0 aromatic carbocycles. The Balaban J connectivity index is 1.65. The molecule has 0 aromatic rings. The lowest BCUT2D eigenvalue weighted by molar-refractivity contribution is -0.141. The van der Waals surface area contributed by atoms with E-state index in [2.05, 4.69) is 15.8 Å². The minimum Gasteiger partial charge on any atom is -0.352 e. The Morgan fingerprint density at radius 3 is 2.24 bits per heavy atom. The van der Waals surface area contributed by atoms with Gasteiger partial charge in [-0.2, -0.15) is 0 Å². The van der Waals surface area contributed by atoms with E-state index in [0.717, 1.165) is 70.1 Å². The Kier molecular flexibility index (Phi) is 8.39. The van der Waals surface area contributed by atoms with E-state index in [1.807, 2.05) is 11.9 Å². The van der Waals surface area contributed by atoms with Crippen LogP contribution in [0.3, 0.4) is 0 Å². The SMILES string of the molecule is CN1CCSC1=NNC(=O)C(=O)C(NC(=O)C1CCCCCC1)C1CCCCC1. The fourth-order valence-corrected chi connectivity index (χ4v) is 5.54. The van der Waals surface area contributed by atoms with E-state index in [9.17, 15) is 14.4 Å². The van der Waals surface area contributed by atoms with Crippen LogP contribution in [0.2, 0.25) is 0 Å². The molecule has 29 heavy (non-hydrogen) atoms. The van der Waals surface area contributed by atoms with Gasteiger partial charge in [0.25, 0.3) is 0 Å². The van der Waals surface area contributed by atoms with E-state index < -0.39 is 17.7 Å². The number of nitrogens with one attached hydrogen (secondary N) is 2. The molecule has 0 spiro atoms. The number of hydrogen-bond donors (Lipinski definition) is 2. The Labute approximate surface area is 177 Å². The summed E-state index contributed by atoms with van der Waals surface area (Å²) in [5.74, 6) is -0.428. The lowest BCUT2D eigenvalue weighted by atomic mass is 9.81. The molecule has 0 aromatic heterocycles. The number of ketones is 1. The van der Waals surface area contributed by atoms with Gasteiger partial charge < -0.3 is 10.2 Å². The molecule has 8 heteroatoms. The summed E-state index contributed by atoms with van der Waals surface area (Å²) in [5.41, 5.74) is 2.42. The van der Waals surface area contributed by atoms with Crippen molar-refractivity contribution in [2.24, 2.45) is 16.9 Å². The molecule has 1 heterocycles. The number of carbonyl (C=O) groups excluding carboxylic acids is 3. The van der Waals surface area contributed by atoms with Gasteiger partial charge >= 0.3 is 5.91 Å². The fourth-order valence-electron chi connectivity index (χ4n) is 4.57. The molecule has 2 N–H and O–H groups in total. The minimum atomic E-state index is -0.736. The summed E-state index contributed by atoms with van der Waals surface area (Å²) < 4.78 is 0. The highest BCUT2D eigenvalue weighted by molar-refractivity contribution is 8.14. The molecule has 3 rings (SSSR count). The quantitative estimate of drug-likeness (QED) is 0.390. The molecule has 1 atom stereocenters. The van der Waals surface area contributed by atoms with Gasteiger partial charge in [-0.15, -0.1) is 5.10 Å². The van der Waals surface area contributed by atoms with Crippen LogP contribution in [0.5, 0.6) is 0 Å². The second-order valence-corrected chi connectivity index (χ2v) is 9.60. The zero-order valence-corrected chi connectivity index (χ0v) is 18.3. The molecule has 2 saturated carbocycles. The lowest BCUT2D eigenvalue weighted by Crippen LogP contribution is -2.52. The Morgan fingerprint density at radius 1 is 1.00 bits per heavy atom. The zero-order valence-electron chi connectivity index (χ0n) is 17.5. The number of Topliss-reactive ketones (excluding diaryl/α,β-unsaturated/α-hetero) is 1. The normalized spacial score (nSPS) is 24.2. The molecule has 1 aliphatic heterocycles. The Bertz CT molecular complexity index is 625. The standard InChI is InChI=1S/C21H34N4O3S/c1-25-13-14-29-21(25)24-23-20(28)18(26)17(15-9-7-4-8-10-15)22-19(27)16-11-5-2-3-6-12-16/h15-17H,2-14H2,1H3,(H,22,27)(H,23,28). The van der Waals surface area contributed by atoms with Crippen LogP contribution in [0.1, 0.15) is 70.6 Å². The summed E-state index contributed by atoms with van der Waals surface area (Å²) in [4.78, 5) is 40.4. The van der Waals surface area contributed by atoms with Gasteiger partial charge in [0.05, 0.1) is 0 Å². The van der Waals surface area contributed by atoms with Crippen LogP contribution in [0.15, 0.2) is 5.10 Å². The first-order valence-electron chi connectivity index (χ1n) is 11.1. The maximum absolute atomic E-state index is 13.0. The van der Waals surface area contributed by atoms with Crippen molar-refractivity contribution in [3.63, 3.8) is 0 Å². The van der Waals surface area contributed by atoms with E-state index in [4.69, 9.17) is 0 Å². The molecular weight excluding hydrogens is 388 g/mol. The predicted molar refractivity (Wildman–Crippen MR) is 115 cm³/mol. The van der Waals surface area contributed by atoms with E-state index in [-0.39, 0.29) is 17.7 Å². The van der Waals surface area contributed by atoms with Gasteiger partial charge in [0.1, 0.15) is 6.04 Å². The van der Waals surface area contributed by atoms with Crippen molar-refractivity contribution in [2.75, 3.05) is 19.3 Å². The van der Waals surface area contributed by atoms with E-state index in [0.29, 0.717) is 5.17 Å². The molecule has 7 nitrogen and oxygen atoms in total. The maximum Gasteiger partial charge on any atom is 0.309 e. The maximum atomic E-state index is 13.0. The highest BCUT2D eigenvalue weighted by Crippen LogP contribution is 2.28. The molecule has 2 amide bonds. The zero-order chi connectivity index (χ0) is 20.6. The third kappa shape index (κ3) is 6.20. The van der Waals surface area contributed by atoms with Crippen LogP contribution < -0.4 is 10.7 Å². The molecule has 3 fully saturated rings. The molecule has 1 saturated heterocycles. The summed E-state index contributed by atoms with van der Waals surface area (Å²) >= 11 is 1.55. The number of nitrogens with zero attached hydrogens (tertiary/aromatic N) is 2. The average molecular weight is 423 g/mol. The van der Waals surface area contributed by atoms with Crippen LogP contribution >= 0.6 is 11.8 Å². The van der Waals surface area contributed by atoms with Gasteiger partial charge in [-0.05, 0) is 31.6 Å². The average Bonchev–Trinajstić information content (AvgIpc) is 2.97. The summed E-state index contributed by atoms with van der Waals surface area (Å²) in [5, 5.41) is 7.81. The number of rotatable bonds is 6. The molecule has 0 bridgehead atoms. The molecule has 2 aliphatic carbocycles. The topological polar surface area (TPSA) is 90.9 Å². The van der Waals surface area contributed by atoms with Gasteiger partial charge in [0.2, 0.25) is 11.7 Å². The summed E-state index contributed by atoms with van der Waals surface area (Å²) in [6, 6.07) is -0.736. The number of hydrogen-bond acceptors (Lipinski definition) is 5. The molecule has 0 radical (unpaired) electrons. The van der Waals surface area contributed by atoms with Gasteiger partial charge in [0, 0.05) is 25.3 Å². The molecular formula is C21H34N4O3S. The van der Waals surface area contributed by atoms with Crippen molar-refractivity contribution in [1.29, 1.82) is 0 Å². The van der Waals surface area contributed by atoms with Gasteiger partial charge in [-0.3, -0.25) is 14.4 Å². The summed E-state index contributed by atoms with van der Waals surface area (Å²) in [6.45, 7) is 0.870. The molecule has 1 unspecified atom stereocenters. The van der Waals surface area contributed by atoms with E-state index >= 15 is 0 Å². The Hall–Kier alpha value is -1.57. The van der Waals surface area contributed by atoms with E-state index in [1.54, 1.807) is 11.8 Å². The monoisotopic (exact) mass is 422 g/mol. The number of hydrazone groups is 1. The van der Waals surface area contributed by atoms with Crippen molar-refractivity contribution in [1.82, 2.24) is 15.6 Å². The van der Waals surface area contributed by atoms with Crippen molar-refractivity contribution in [3.05, 3.63) is 0 Å². The first kappa shape index (κ1) is 22.1. The van der Waals surface area contributed by atoms with Crippen molar-refractivity contribution in [2.45, 2.75) is 76.7 Å². The van der Waals surface area contributed by atoms with Crippen molar-refractivity contribution >= 4 is 34.5 Å². The van der Waals surface area contributed by atoms with Crippen LogP contribution in [0.4, 0.5) is 0 Å². The van der Waals surface area contributed by atoms with Gasteiger partial charge in [0.15, 0.2) is 5.17 Å². The highest BCUT2D eigenvalue weighted by Gasteiger charge is 2.36. The Morgan fingerprint density at radius 2 is 1.62 bits per heavy atom.